The SMILES string of the molecule is COc1ccc(NC(=O)[C@@H](Cc2cc(C)cc(C)c2)[C@@H](C)C(=O)O)cc1. The van der Waals surface area contributed by atoms with Crippen molar-refractivity contribution in [2.75, 3.05) is 12.4 Å². The average Bonchev–Trinajstić information content (AvgIpc) is 2.58. The van der Waals surface area contributed by atoms with Gasteiger partial charge < -0.3 is 15.2 Å². The highest BCUT2D eigenvalue weighted by Gasteiger charge is 2.30. The highest BCUT2D eigenvalue weighted by molar-refractivity contribution is 5.95. The number of carbonyl (C=O) groups excluding carboxylic acids is 1. The first-order valence-corrected chi connectivity index (χ1v) is 8.55. The van der Waals surface area contributed by atoms with Crippen LogP contribution in [-0.4, -0.2) is 24.1 Å². The fourth-order valence-electron chi connectivity index (χ4n) is 3.02. The number of hydrogen-bond acceptors (Lipinski definition) is 3. The van der Waals surface area contributed by atoms with Crippen LogP contribution in [0.1, 0.15) is 23.6 Å². The van der Waals surface area contributed by atoms with E-state index in [-0.39, 0.29) is 5.91 Å². The van der Waals surface area contributed by atoms with Gasteiger partial charge in [-0.25, -0.2) is 0 Å². The summed E-state index contributed by atoms with van der Waals surface area (Å²) < 4.78 is 5.10. The van der Waals surface area contributed by atoms with Gasteiger partial charge in [0.05, 0.1) is 18.9 Å². The molecule has 0 aliphatic carbocycles. The average molecular weight is 355 g/mol. The third kappa shape index (κ3) is 5.09. The summed E-state index contributed by atoms with van der Waals surface area (Å²) in [6.45, 7) is 5.55. The molecule has 0 aliphatic heterocycles. The lowest BCUT2D eigenvalue weighted by Crippen LogP contribution is -2.33. The van der Waals surface area contributed by atoms with Crippen molar-refractivity contribution < 1.29 is 19.4 Å². The van der Waals surface area contributed by atoms with Crippen LogP contribution in [0.4, 0.5) is 5.69 Å². The van der Waals surface area contributed by atoms with Gasteiger partial charge in [0.1, 0.15) is 5.75 Å². The highest BCUT2D eigenvalue weighted by atomic mass is 16.5. The van der Waals surface area contributed by atoms with Crippen molar-refractivity contribution in [3.63, 3.8) is 0 Å². The second-order valence-corrected chi connectivity index (χ2v) is 6.65. The summed E-state index contributed by atoms with van der Waals surface area (Å²) in [5.41, 5.74) is 3.76. The van der Waals surface area contributed by atoms with Crippen LogP contribution >= 0.6 is 0 Å². The van der Waals surface area contributed by atoms with E-state index in [1.807, 2.05) is 26.0 Å². The van der Waals surface area contributed by atoms with Crippen molar-refractivity contribution in [1.29, 1.82) is 0 Å². The van der Waals surface area contributed by atoms with Crippen molar-refractivity contribution >= 4 is 17.6 Å². The summed E-state index contributed by atoms with van der Waals surface area (Å²) >= 11 is 0. The van der Waals surface area contributed by atoms with Gasteiger partial charge >= 0.3 is 5.97 Å². The summed E-state index contributed by atoms with van der Waals surface area (Å²) in [7, 11) is 1.57. The fourth-order valence-corrected chi connectivity index (χ4v) is 3.02. The minimum Gasteiger partial charge on any atom is -0.497 e. The Labute approximate surface area is 154 Å². The molecule has 0 aromatic heterocycles. The molecule has 0 bridgehead atoms. The number of carboxylic acid groups (broad SMARTS) is 1. The van der Waals surface area contributed by atoms with Crippen LogP contribution in [0, 0.1) is 25.7 Å². The quantitative estimate of drug-likeness (QED) is 0.791. The number of aryl methyl sites for hydroxylation is 2. The predicted octanol–water partition coefficient (Wildman–Crippen LogP) is 3.83. The van der Waals surface area contributed by atoms with Gasteiger partial charge in [0.15, 0.2) is 0 Å². The first-order valence-electron chi connectivity index (χ1n) is 8.55. The molecule has 0 radical (unpaired) electrons. The zero-order valence-electron chi connectivity index (χ0n) is 15.6. The van der Waals surface area contributed by atoms with E-state index in [0.29, 0.717) is 17.9 Å². The normalized spacial score (nSPS) is 12.9. The third-order valence-electron chi connectivity index (χ3n) is 4.42. The lowest BCUT2D eigenvalue weighted by Gasteiger charge is -2.21. The summed E-state index contributed by atoms with van der Waals surface area (Å²) in [5.74, 6) is -2.06. The largest absolute Gasteiger partial charge is 0.497 e. The van der Waals surface area contributed by atoms with E-state index in [2.05, 4.69) is 11.4 Å². The highest BCUT2D eigenvalue weighted by Crippen LogP contribution is 2.23. The molecule has 0 saturated carbocycles. The van der Waals surface area contributed by atoms with Crippen LogP contribution in [0.15, 0.2) is 42.5 Å². The zero-order valence-corrected chi connectivity index (χ0v) is 15.6. The zero-order chi connectivity index (χ0) is 19.3. The van der Waals surface area contributed by atoms with E-state index in [1.54, 1.807) is 38.3 Å². The van der Waals surface area contributed by atoms with Gasteiger partial charge in [0.25, 0.3) is 0 Å². The van der Waals surface area contributed by atoms with E-state index < -0.39 is 17.8 Å². The molecule has 2 aromatic rings. The Kier molecular flexibility index (Phi) is 6.39. The topological polar surface area (TPSA) is 75.6 Å². The predicted molar refractivity (Wildman–Crippen MR) is 102 cm³/mol. The Morgan fingerprint density at radius 3 is 2.15 bits per heavy atom. The molecule has 138 valence electrons. The van der Waals surface area contributed by atoms with Gasteiger partial charge in [-0.15, -0.1) is 0 Å². The maximum atomic E-state index is 12.8. The van der Waals surface area contributed by atoms with Gasteiger partial charge in [-0.2, -0.15) is 0 Å². The Balaban J connectivity index is 2.22. The lowest BCUT2D eigenvalue weighted by molar-refractivity contribution is -0.145. The standard InChI is InChI=1S/C21H25NO4/c1-13-9-14(2)11-16(10-13)12-19(15(3)21(24)25)20(23)22-17-5-7-18(26-4)8-6-17/h5-11,15,19H,12H2,1-4H3,(H,22,23)(H,24,25)/t15-,19+/m1/s1. The van der Waals surface area contributed by atoms with Crippen LogP contribution in [0.2, 0.25) is 0 Å². The summed E-state index contributed by atoms with van der Waals surface area (Å²) in [4.78, 5) is 24.3. The van der Waals surface area contributed by atoms with E-state index in [4.69, 9.17) is 4.74 Å². The van der Waals surface area contributed by atoms with Crippen LogP contribution in [0.25, 0.3) is 0 Å². The van der Waals surface area contributed by atoms with Crippen molar-refractivity contribution in [1.82, 2.24) is 0 Å². The third-order valence-corrected chi connectivity index (χ3v) is 4.42. The van der Waals surface area contributed by atoms with Crippen LogP contribution in [0.3, 0.4) is 0 Å². The molecule has 0 fully saturated rings. The second-order valence-electron chi connectivity index (χ2n) is 6.65. The maximum absolute atomic E-state index is 12.8. The van der Waals surface area contributed by atoms with Crippen molar-refractivity contribution in [3.05, 3.63) is 59.2 Å². The minimum atomic E-state index is -0.982. The molecule has 2 atom stereocenters. The molecule has 0 saturated heterocycles. The Morgan fingerprint density at radius 2 is 1.65 bits per heavy atom. The summed E-state index contributed by atoms with van der Waals surface area (Å²) in [6.07, 6.45) is 0.373. The molecule has 0 spiro atoms. The number of rotatable bonds is 7. The van der Waals surface area contributed by atoms with Crippen molar-refractivity contribution in [2.24, 2.45) is 11.8 Å². The lowest BCUT2D eigenvalue weighted by atomic mass is 9.86. The first-order chi connectivity index (χ1) is 12.3. The monoisotopic (exact) mass is 355 g/mol. The van der Waals surface area contributed by atoms with Gasteiger partial charge in [-0.3, -0.25) is 9.59 Å². The molecule has 2 aromatic carbocycles. The van der Waals surface area contributed by atoms with Gasteiger partial charge in [0.2, 0.25) is 5.91 Å². The number of carboxylic acids is 1. The number of methoxy groups -OCH3 is 1. The molecule has 0 unspecified atom stereocenters. The molecular formula is C21H25NO4. The van der Waals surface area contributed by atoms with E-state index in [1.165, 1.54) is 0 Å². The number of benzene rings is 2. The van der Waals surface area contributed by atoms with E-state index in [9.17, 15) is 14.7 Å². The van der Waals surface area contributed by atoms with Gasteiger partial charge in [-0.1, -0.05) is 36.2 Å². The molecule has 0 heterocycles. The van der Waals surface area contributed by atoms with Crippen molar-refractivity contribution in [2.45, 2.75) is 27.2 Å². The number of hydrogen-bond donors (Lipinski definition) is 2. The van der Waals surface area contributed by atoms with Crippen LogP contribution in [-0.2, 0) is 16.0 Å². The smallest absolute Gasteiger partial charge is 0.307 e. The molecule has 2 rings (SSSR count). The van der Waals surface area contributed by atoms with E-state index >= 15 is 0 Å². The number of aliphatic carboxylic acids is 1. The number of amides is 1. The van der Waals surface area contributed by atoms with Gasteiger partial charge in [-0.05, 0) is 50.1 Å². The number of carbonyl (C=O) groups is 2. The Bertz CT molecular complexity index is 763. The second kappa shape index (κ2) is 8.52. The Morgan fingerprint density at radius 1 is 1.08 bits per heavy atom. The molecule has 26 heavy (non-hydrogen) atoms. The summed E-state index contributed by atoms with van der Waals surface area (Å²) in [5, 5.41) is 12.2. The number of nitrogens with one attached hydrogen (secondary N) is 1. The molecular weight excluding hydrogens is 330 g/mol. The Hall–Kier alpha value is -2.82. The summed E-state index contributed by atoms with van der Waals surface area (Å²) in [6, 6.07) is 13.0. The van der Waals surface area contributed by atoms with Crippen molar-refractivity contribution in [3.8, 4) is 5.75 Å². The maximum Gasteiger partial charge on any atom is 0.307 e. The molecule has 2 N–H and O–H groups in total. The van der Waals surface area contributed by atoms with Crippen LogP contribution in [0.5, 0.6) is 5.75 Å². The number of anilines is 1. The van der Waals surface area contributed by atoms with Crippen LogP contribution < -0.4 is 10.1 Å². The van der Waals surface area contributed by atoms with E-state index in [0.717, 1.165) is 16.7 Å². The minimum absolute atomic E-state index is 0.302. The molecule has 0 aliphatic rings. The molecule has 1 amide bonds. The first kappa shape index (κ1) is 19.5. The van der Waals surface area contributed by atoms with Gasteiger partial charge in [0, 0.05) is 5.69 Å². The molecule has 5 heteroatoms. The fraction of sp³-hybridized carbons (Fsp3) is 0.333. The number of ether oxygens (including phenoxy) is 1. The molecule has 5 nitrogen and oxygen atoms in total.